The average Bonchev–Trinajstić information content (AvgIpc) is 2.50. The number of hydrogen-bond donors (Lipinski definition) is 1. The molecule has 0 saturated carbocycles. The summed E-state index contributed by atoms with van der Waals surface area (Å²) in [6.45, 7) is 1.54. The van der Waals surface area contributed by atoms with Crippen molar-refractivity contribution in [2.75, 3.05) is 34.3 Å². The van der Waals surface area contributed by atoms with Gasteiger partial charge in [-0.2, -0.15) is 0 Å². The topological polar surface area (TPSA) is 36.9 Å². The van der Waals surface area contributed by atoms with E-state index in [2.05, 4.69) is 34.6 Å². The number of nitrogens with one attached hydrogen (secondary N) is 1. The fraction of sp³-hybridized carbons (Fsp3) is 0.353. The number of rotatable bonds is 5. The lowest BCUT2D eigenvalue weighted by molar-refractivity contribution is 0.311. The predicted octanol–water partition coefficient (Wildman–Crippen LogP) is 3.36. The molecule has 0 saturated heterocycles. The molecule has 0 heterocycles. The second-order valence-electron chi connectivity index (χ2n) is 5.08. The van der Waals surface area contributed by atoms with Crippen molar-refractivity contribution in [3.63, 3.8) is 0 Å². The van der Waals surface area contributed by atoms with Gasteiger partial charge in [-0.3, -0.25) is 4.99 Å². The van der Waals surface area contributed by atoms with Gasteiger partial charge in [0.2, 0.25) is 0 Å². The van der Waals surface area contributed by atoms with E-state index in [9.17, 15) is 0 Å². The molecule has 0 bridgehead atoms. The molecule has 0 aliphatic rings. The van der Waals surface area contributed by atoms with Crippen LogP contribution < -0.4 is 10.1 Å². The number of nitrogens with zero attached hydrogens (tertiary/aromatic N) is 2. The molecule has 0 aromatic heterocycles. The molecule has 2 aromatic rings. The zero-order valence-corrected chi connectivity index (χ0v) is 15.7. The molecule has 0 radical (unpaired) electrons. The molecule has 0 fully saturated rings. The van der Waals surface area contributed by atoms with E-state index in [1.165, 1.54) is 10.8 Å². The van der Waals surface area contributed by atoms with Crippen LogP contribution in [0, 0.1) is 0 Å². The molecule has 0 aliphatic carbocycles. The van der Waals surface area contributed by atoms with E-state index in [0.29, 0.717) is 6.61 Å². The van der Waals surface area contributed by atoms with Crippen LogP contribution in [-0.4, -0.2) is 45.2 Å². The number of guanidine groups is 1. The Morgan fingerprint density at radius 2 is 1.86 bits per heavy atom. The van der Waals surface area contributed by atoms with Gasteiger partial charge in [-0.05, 0) is 29.3 Å². The molecular formula is C17H24IN3O. The van der Waals surface area contributed by atoms with Crippen molar-refractivity contribution in [3.05, 3.63) is 42.5 Å². The Morgan fingerprint density at radius 3 is 2.55 bits per heavy atom. The van der Waals surface area contributed by atoms with Crippen LogP contribution in [0.5, 0.6) is 5.75 Å². The minimum atomic E-state index is 0. The molecule has 0 aliphatic heterocycles. The summed E-state index contributed by atoms with van der Waals surface area (Å²) in [5, 5.41) is 5.73. The highest BCUT2D eigenvalue weighted by molar-refractivity contribution is 14.0. The minimum Gasteiger partial charge on any atom is -0.494 e. The number of hydrogen-bond acceptors (Lipinski definition) is 2. The molecule has 5 heteroatoms. The molecule has 1 N–H and O–H groups in total. The Morgan fingerprint density at radius 1 is 1.14 bits per heavy atom. The fourth-order valence-electron chi connectivity index (χ4n) is 2.16. The molecule has 0 unspecified atom stereocenters. The first-order chi connectivity index (χ1) is 10.2. The Balaban J connectivity index is 0.00000242. The van der Waals surface area contributed by atoms with Gasteiger partial charge in [0.25, 0.3) is 0 Å². The van der Waals surface area contributed by atoms with Crippen molar-refractivity contribution < 1.29 is 4.74 Å². The van der Waals surface area contributed by atoms with Crippen LogP contribution >= 0.6 is 24.0 Å². The van der Waals surface area contributed by atoms with Crippen molar-refractivity contribution >= 4 is 40.7 Å². The molecule has 2 aromatic carbocycles. The van der Waals surface area contributed by atoms with Crippen molar-refractivity contribution in [2.45, 2.75) is 6.42 Å². The van der Waals surface area contributed by atoms with Gasteiger partial charge in [0, 0.05) is 27.7 Å². The Kier molecular flexibility index (Phi) is 8.01. The average molecular weight is 413 g/mol. The number of benzene rings is 2. The largest absolute Gasteiger partial charge is 0.494 e. The third-order valence-electron chi connectivity index (χ3n) is 3.23. The molecule has 0 spiro atoms. The maximum absolute atomic E-state index is 5.80. The van der Waals surface area contributed by atoms with Gasteiger partial charge in [0.05, 0.1) is 6.61 Å². The quantitative estimate of drug-likeness (QED) is 0.354. The van der Waals surface area contributed by atoms with E-state index in [-0.39, 0.29) is 24.0 Å². The minimum absolute atomic E-state index is 0. The summed E-state index contributed by atoms with van der Waals surface area (Å²) < 4.78 is 5.80. The summed E-state index contributed by atoms with van der Waals surface area (Å²) in [5.41, 5.74) is 0. The summed E-state index contributed by atoms with van der Waals surface area (Å²) >= 11 is 0. The van der Waals surface area contributed by atoms with Crippen LogP contribution in [0.15, 0.2) is 47.5 Å². The van der Waals surface area contributed by atoms with Crippen LogP contribution in [0.4, 0.5) is 0 Å². The lowest BCUT2D eigenvalue weighted by atomic mass is 10.1. The third-order valence-corrected chi connectivity index (χ3v) is 3.23. The first-order valence-electron chi connectivity index (χ1n) is 7.20. The summed E-state index contributed by atoms with van der Waals surface area (Å²) in [5.74, 6) is 1.81. The summed E-state index contributed by atoms with van der Waals surface area (Å²) in [6.07, 6.45) is 0.930. The van der Waals surface area contributed by atoms with Gasteiger partial charge in [0.15, 0.2) is 5.96 Å². The lowest BCUT2D eigenvalue weighted by Gasteiger charge is -2.16. The molecule has 0 atom stereocenters. The van der Waals surface area contributed by atoms with E-state index in [0.717, 1.165) is 24.7 Å². The number of fused-ring (bicyclic) bond motifs is 1. The third kappa shape index (κ3) is 5.36. The number of ether oxygens (including phenoxy) is 1. The van der Waals surface area contributed by atoms with E-state index < -0.39 is 0 Å². The zero-order chi connectivity index (χ0) is 15.1. The van der Waals surface area contributed by atoms with Crippen molar-refractivity contribution in [1.82, 2.24) is 10.2 Å². The molecule has 4 nitrogen and oxygen atoms in total. The van der Waals surface area contributed by atoms with Crippen molar-refractivity contribution in [2.24, 2.45) is 4.99 Å². The van der Waals surface area contributed by atoms with Gasteiger partial charge < -0.3 is 15.0 Å². The Hall–Kier alpha value is -1.50. The Labute approximate surface area is 149 Å². The first-order valence-corrected chi connectivity index (χ1v) is 7.20. The van der Waals surface area contributed by atoms with Crippen LogP contribution in [0.1, 0.15) is 6.42 Å². The fourth-order valence-corrected chi connectivity index (χ4v) is 2.16. The summed E-state index contributed by atoms with van der Waals surface area (Å²) in [4.78, 5) is 6.13. The predicted molar refractivity (Wildman–Crippen MR) is 105 cm³/mol. The first kappa shape index (κ1) is 18.5. The van der Waals surface area contributed by atoms with Crippen LogP contribution in [-0.2, 0) is 0 Å². The maximum atomic E-state index is 5.80. The second kappa shape index (κ2) is 9.50. The van der Waals surface area contributed by atoms with E-state index in [4.69, 9.17) is 4.74 Å². The summed E-state index contributed by atoms with van der Waals surface area (Å²) in [6, 6.07) is 14.5. The van der Waals surface area contributed by atoms with Crippen molar-refractivity contribution in [3.8, 4) is 5.75 Å². The van der Waals surface area contributed by atoms with Gasteiger partial charge in [0.1, 0.15) is 5.75 Å². The molecule has 120 valence electrons. The highest BCUT2D eigenvalue weighted by Crippen LogP contribution is 2.20. The number of aliphatic imine (C=N–C) groups is 1. The molecule has 22 heavy (non-hydrogen) atoms. The normalized spacial score (nSPS) is 11.0. The van der Waals surface area contributed by atoms with Gasteiger partial charge in [-0.1, -0.05) is 30.3 Å². The van der Waals surface area contributed by atoms with Crippen LogP contribution in [0.2, 0.25) is 0 Å². The van der Waals surface area contributed by atoms with Gasteiger partial charge in [-0.15, -0.1) is 24.0 Å². The van der Waals surface area contributed by atoms with Crippen LogP contribution in [0.25, 0.3) is 10.8 Å². The molecular weight excluding hydrogens is 389 g/mol. The SMILES string of the molecule is CN=C(NCCCOc1ccc2ccccc2c1)N(C)C.I. The number of halogens is 1. The monoisotopic (exact) mass is 413 g/mol. The van der Waals surface area contributed by atoms with E-state index in [1.807, 2.05) is 37.2 Å². The smallest absolute Gasteiger partial charge is 0.193 e. The summed E-state index contributed by atoms with van der Waals surface area (Å²) in [7, 11) is 5.73. The second-order valence-corrected chi connectivity index (χ2v) is 5.08. The highest BCUT2D eigenvalue weighted by Gasteiger charge is 2.00. The molecule has 0 amide bonds. The van der Waals surface area contributed by atoms with Crippen LogP contribution in [0.3, 0.4) is 0 Å². The molecule has 2 rings (SSSR count). The van der Waals surface area contributed by atoms with E-state index >= 15 is 0 Å². The van der Waals surface area contributed by atoms with E-state index in [1.54, 1.807) is 7.05 Å². The Bertz CT molecular complexity index is 614. The lowest BCUT2D eigenvalue weighted by Crippen LogP contribution is -2.37. The standard InChI is InChI=1S/C17H23N3O.HI/c1-18-17(20(2)3)19-11-6-12-21-16-10-9-14-7-4-5-8-15(14)13-16;/h4-5,7-10,13H,6,11-12H2,1-3H3,(H,18,19);1H. The highest BCUT2D eigenvalue weighted by atomic mass is 127. The van der Waals surface area contributed by atoms with Crippen molar-refractivity contribution in [1.29, 1.82) is 0 Å². The van der Waals surface area contributed by atoms with Gasteiger partial charge in [-0.25, -0.2) is 0 Å². The zero-order valence-electron chi connectivity index (χ0n) is 13.4. The maximum Gasteiger partial charge on any atom is 0.193 e. The van der Waals surface area contributed by atoms with Gasteiger partial charge >= 0.3 is 0 Å².